The number of amidine groups is 1. The molecule has 1 atom stereocenters. The largest absolute Gasteiger partial charge is 0.377 e. The predicted octanol–water partition coefficient (Wildman–Crippen LogP) is 4.93. The van der Waals surface area contributed by atoms with Crippen molar-refractivity contribution < 1.29 is 0 Å². The van der Waals surface area contributed by atoms with E-state index in [0.29, 0.717) is 15.9 Å². The van der Waals surface area contributed by atoms with Crippen LogP contribution >= 0.6 is 23.4 Å². The number of anilines is 1. The lowest BCUT2D eigenvalue weighted by Crippen LogP contribution is -2.13. The quantitative estimate of drug-likeness (QED) is 0.357. The molecule has 2 aromatic carbocycles. The van der Waals surface area contributed by atoms with Crippen LogP contribution in [0.4, 0.5) is 11.4 Å². The van der Waals surface area contributed by atoms with Gasteiger partial charge in [-0.25, -0.2) is 4.99 Å². The number of rotatable bonds is 4. The van der Waals surface area contributed by atoms with E-state index in [4.69, 9.17) is 16.9 Å². The van der Waals surface area contributed by atoms with Gasteiger partial charge >= 0.3 is 0 Å². The molecule has 0 bridgehead atoms. The minimum Gasteiger partial charge on any atom is -0.377 e. The lowest BCUT2D eigenvalue weighted by molar-refractivity contribution is 0.885. The average Bonchev–Trinajstić information content (AvgIpc) is 2.57. The summed E-state index contributed by atoms with van der Waals surface area (Å²) in [4.78, 5) is 4.47. The van der Waals surface area contributed by atoms with E-state index in [1.165, 1.54) is 17.3 Å². The van der Waals surface area contributed by atoms with E-state index in [2.05, 4.69) is 34.7 Å². The molecular weight excluding hydrogens is 328 g/mol. The van der Waals surface area contributed by atoms with Crippen molar-refractivity contribution in [3.63, 3.8) is 0 Å². The molecule has 6 heteroatoms. The predicted molar refractivity (Wildman–Crippen MR) is 99.3 cm³/mol. The average molecular weight is 345 g/mol. The van der Waals surface area contributed by atoms with Crippen LogP contribution < -0.4 is 10.6 Å². The minimum atomic E-state index is 0.119. The molecule has 0 heterocycles. The first kappa shape index (κ1) is 17.2. The summed E-state index contributed by atoms with van der Waals surface area (Å²) in [5, 5.41) is 15.9. The topological polar surface area (TPSA) is 60.2 Å². The van der Waals surface area contributed by atoms with Crippen molar-refractivity contribution in [3.05, 3.63) is 59.1 Å². The fourth-order valence-corrected chi connectivity index (χ4v) is 2.56. The summed E-state index contributed by atoms with van der Waals surface area (Å²) in [7, 11) is 0. The number of nitriles is 1. The number of halogens is 1. The first-order chi connectivity index (χ1) is 11.1. The maximum atomic E-state index is 8.77. The van der Waals surface area contributed by atoms with E-state index in [1.807, 2.05) is 42.8 Å². The van der Waals surface area contributed by atoms with Crippen LogP contribution in [0.5, 0.6) is 0 Å². The first-order valence-electron chi connectivity index (χ1n) is 7.03. The molecule has 0 saturated heterocycles. The van der Waals surface area contributed by atoms with Gasteiger partial charge in [0, 0.05) is 11.1 Å². The molecule has 4 nitrogen and oxygen atoms in total. The Bertz CT molecular complexity index is 725. The third-order valence-corrected chi connectivity index (χ3v) is 4.02. The van der Waals surface area contributed by atoms with Crippen LogP contribution in [0.15, 0.2) is 53.5 Å². The van der Waals surface area contributed by atoms with Crippen molar-refractivity contribution in [2.45, 2.75) is 13.0 Å². The molecule has 0 radical (unpaired) electrons. The molecule has 0 aliphatic rings. The maximum Gasteiger partial charge on any atom is 0.183 e. The Morgan fingerprint density at radius 2 is 2.00 bits per heavy atom. The summed E-state index contributed by atoms with van der Waals surface area (Å²) in [5.41, 5.74) is 2.72. The summed E-state index contributed by atoms with van der Waals surface area (Å²) in [6.45, 7) is 2.08. The second kappa shape index (κ2) is 8.47. The summed E-state index contributed by atoms with van der Waals surface area (Å²) < 4.78 is 0. The van der Waals surface area contributed by atoms with Crippen LogP contribution in [0.2, 0.25) is 5.02 Å². The van der Waals surface area contributed by atoms with Crippen molar-refractivity contribution in [2.24, 2.45) is 4.99 Å². The zero-order valence-corrected chi connectivity index (χ0v) is 14.4. The van der Waals surface area contributed by atoms with Gasteiger partial charge in [-0.3, -0.25) is 5.32 Å². The van der Waals surface area contributed by atoms with E-state index in [0.717, 1.165) is 5.69 Å². The number of aliphatic imine (C=N–C) groups is 1. The molecule has 0 amide bonds. The minimum absolute atomic E-state index is 0.119. The molecule has 23 heavy (non-hydrogen) atoms. The molecule has 118 valence electrons. The van der Waals surface area contributed by atoms with E-state index < -0.39 is 0 Å². The van der Waals surface area contributed by atoms with Crippen molar-refractivity contribution in [1.29, 1.82) is 5.26 Å². The highest BCUT2D eigenvalue weighted by molar-refractivity contribution is 8.13. The fourth-order valence-electron chi connectivity index (χ4n) is 2.06. The molecular formula is C17H17ClN4S. The molecule has 0 aromatic heterocycles. The second-order valence-corrected chi connectivity index (χ2v) is 6.03. The van der Waals surface area contributed by atoms with Crippen molar-refractivity contribution in [1.82, 2.24) is 5.32 Å². The van der Waals surface area contributed by atoms with Crippen LogP contribution in [-0.2, 0) is 0 Å². The second-order valence-electron chi connectivity index (χ2n) is 4.80. The molecule has 1 unspecified atom stereocenters. The standard InChI is InChI=1S/C17H17ClN4S/c1-12(13-6-4-3-5-7-13)21-15-9-8-14(18)10-16(15)22-17(23-2)20-11-19/h3-10,12,21H,1-2H3,(H,20,22). The normalized spacial score (nSPS) is 12.3. The lowest BCUT2D eigenvalue weighted by Gasteiger charge is -2.17. The van der Waals surface area contributed by atoms with Crippen molar-refractivity contribution >= 4 is 39.9 Å². The van der Waals surface area contributed by atoms with Crippen LogP contribution in [0.3, 0.4) is 0 Å². The highest BCUT2D eigenvalue weighted by Gasteiger charge is 2.09. The molecule has 2 rings (SSSR count). The van der Waals surface area contributed by atoms with Gasteiger partial charge in [0.25, 0.3) is 0 Å². The third kappa shape index (κ3) is 4.92. The van der Waals surface area contributed by atoms with Gasteiger partial charge in [0.2, 0.25) is 0 Å². The number of thioether (sulfide) groups is 1. The van der Waals surface area contributed by atoms with Crippen LogP contribution in [0.1, 0.15) is 18.5 Å². The highest BCUT2D eigenvalue weighted by Crippen LogP contribution is 2.32. The van der Waals surface area contributed by atoms with Gasteiger partial charge in [0.05, 0.1) is 11.4 Å². The maximum absolute atomic E-state index is 8.77. The molecule has 0 saturated carbocycles. The van der Waals surface area contributed by atoms with E-state index >= 15 is 0 Å². The summed E-state index contributed by atoms with van der Waals surface area (Å²) >= 11 is 7.45. The third-order valence-electron chi connectivity index (χ3n) is 3.21. The Balaban J connectivity index is 2.30. The van der Waals surface area contributed by atoms with Crippen LogP contribution in [-0.4, -0.2) is 11.4 Å². The Labute approximate surface area is 145 Å². The lowest BCUT2D eigenvalue weighted by atomic mass is 10.1. The smallest absolute Gasteiger partial charge is 0.183 e. The SMILES string of the molecule is CSC(=Nc1cc(Cl)ccc1NC(C)c1ccccc1)NC#N. The van der Waals surface area contributed by atoms with Gasteiger partial charge in [-0.1, -0.05) is 53.7 Å². The molecule has 0 aliphatic heterocycles. The van der Waals surface area contributed by atoms with E-state index in [-0.39, 0.29) is 6.04 Å². The van der Waals surface area contributed by atoms with Gasteiger partial charge in [-0.15, -0.1) is 0 Å². The number of hydrogen-bond acceptors (Lipinski definition) is 4. The molecule has 2 N–H and O–H groups in total. The van der Waals surface area contributed by atoms with Gasteiger partial charge in [-0.05, 0) is 36.9 Å². The first-order valence-corrected chi connectivity index (χ1v) is 8.63. The van der Waals surface area contributed by atoms with Gasteiger partial charge < -0.3 is 5.32 Å². The van der Waals surface area contributed by atoms with Crippen molar-refractivity contribution in [2.75, 3.05) is 11.6 Å². The van der Waals surface area contributed by atoms with Crippen molar-refractivity contribution in [3.8, 4) is 6.19 Å². The highest BCUT2D eigenvalue weighted by atomic mass is 35.5. The monoisotopic (exact) mass is 344 g/mol. The number of benzene rings is 2. The van der Waals surface area contributed by atoms with Crippen LogP contribution in [0, 0.1) is 11.5 Å². The summed E-state index contributed by atoms with van der Waals surface area (Å²) in [6.07, 6.45) is 3.74. The van der Waals surface area contributed by atoms with E-state index in [1.54, 1.807) is 6.07 Å². The molecule has 0 spiro atoms. The Morgan fingerprint density at radius 1 is 1.26 bits per heavy atom. The Hall–Kier alpha value is -2.16. The molecule has 0 aliphatic carbocycles. The summed E-state index contributed by atoms with van der Waals surface area (Å²) in [6, 6.07) is 15.8. The zero-order chi connectivity index (χ0) is 16.7. The molecule has 0 fully saturated rings. The number of nitrogens with one attached hydrogen (secondary N) is 2. The Morgan fingerprint density at radius 3 is 2.65 bits per heavy atom. The zero-order valence-electron chi connectivity index (χ0n) is 12.9. The summed E-state index contributed by atoms with van der Waals surface area (Å²) in [5.74, 6) is 0. The van der Waals surface area contributed by atoms with Gasteiger partial charge in [-0.2, -0.15) is 5.26 Å². The number of nitrogens with zero attached hydrogens (tertiary/aromatic N) is 2. The van der Waals surface area contributed by atoms with E-state index in [9.17, 15) is 0 Å². The fraction of sp³-hybridized carbons (Fsp3) is 0.176. The van der Waals surface area contributed by atoms with Gasteiger partial charge in [0.15, 0.2) is 11.4 Å². The van der Waals surface area contributed by atoms with Crippen LogP contribution in [0.25, 0.3) is 0 Å². The van der Waals surface area contributed by atoms with Gasteiger partial charge in [0.1, 0.15) is 0 Å². The molecule has 2 aromatic rings. The Kier molecular flexibility index (Phi) is 6.33. The number of hydrogen-bond donors (Lipinski definition) is 2.